The third kappa shape index (κ3) is 3.48. The molecule has 104 valence electrons. The van der Waals surface area contributed by atoms with Crippen molar-refractivity contribution in [1.82, 2.24) is 0 Å². The maximum atomic E-state index is 12.2. The number of Topliss-reactive ketones (excluding diaryl/α,β-unsaturated/α-hetero) is 1. The van der Waals surface area contributed by atoms with Gasteiger partial charge in [-0.15, -0.1) is 0 Å². The molecule has 0 amide bonds. The number of halogens is 1. The van der Waals surface area contributed by atoms with E-state index in [4.69, 9.17) is 0 Å². The number of anilines is 1. The van der Waals surface area contributed by atoms with Crippen molar-refractivity contribution in [3.05, 3.63) is 64.1 Å². The fraction of sp³-hybridized carbons (Fsp3) is 0.235. The number of ketones is 1. The molecule has 3 heteroatoms. The Kier molecular flexibility index (Phi) is 4.96. The minimum Gasteiger partial charge on any atom is -0.374 e. The summed E-state index contributed by atoms with van der Waals surface area (Å²) in [5, 5.41) is 0. The highest BCUT2D eigenvalue weighted by atomic mass is 79.9. The summed E-state index contributed by atoms with van der Waals surface area (Å²) in [6, 6.07) is 15.8. The molecule has 0 unspecified atom stereocenters. The first kappa shape index (κ1) is 14.8. The second kappa shape index (κ2) is 6.71. The van der Waals surface area contributed by atoms with Gasteiger partial charge in [-0.2, -0.15) is 0 Å². The van der Waals surface area contributed by atoms with Gasteiger partial charge >= 0.3 is 0 Å². The van der Waals surface area contributed by atoms with E-state index in [0.717, 1.165) is 10.0 Å². The van der Waals surface area contributed by atoms with Crippen LogP contribution in [0.5, 0.6) is 0 Å². The lowest BCUT2D eigenvalue weighted by Gasteiger charge is -2.21. The molecule has 2 rings (SSSR count). The predicted octanol–water partition coefficient (Wildman–Crippen LogP) is 4.47. The van der Waals surface area contributed by atoms with Gasteiger partial charge in [-0.05, 0) is 24.6 Å². The highest BCUT2D eigenvalue weighted by molar-refractivity contribution is 9.10. The highest BCUT2D eigenvalue weighted by Gasteiger charge is 2.11. The van der Waals surface area contributed by atoms with E-state index in [1.807, 2.05) is 43.4 Å². The Labute approximate surface area is 128 Å². The van der Waals surface area contributed by atoms with E-state index in [0.29, 0.717) is 13.0 Å². The normalized spacial score (nSPS) is 10.3. The maximum absolute atomic E-state index is 12.2. The number of carbonyl (C=O) groups excluding carboxylic acids is 1. The Bertz CT molecular complexity index is 609. The smallest absolute Gasteiger partial charge is 0.165 e. The van der Waals surface area contributed by atoms with Crippen LogP contribution in [0.3, 0.4) is 0 Å². The van der Waals surface area contributed by atoms with Crippen LogP contribution in [0.1, 0.15) is 22.3 Å². The summed E-state index contributed by atoms with van der Waals surface area (Å²) < 4.78 is 0.864. The number of rotatable bonds is 5. The summed E-state index contributed by atoms with van der Waals surface area (Å²) in [6.07, 6.45) is 0.507. The molecule has 2 nitrogen and oxygen atoms in total. The van der Waals surface area contributed by atoms with Crippen LogP contribution in [0.2, 0.25) is 0 Å². The Morgan fingerprint density at radius 2 is 1.75 bits per heavy atom. The Morgan fingerprint density at radius 1 is 1.10 bits per heavy atom. The lowest BCUT2D eigenvalue weighted by atomic mass is 10.1. The van der Waals surface area contributed by atoms with Gasteiger partial charge in [-0.1, -0.05) is 52.3 Å². The van der Waals surface area contributed by atoms with Gasteiger partial charge in [0.1, 0.15) is 0 Å². The first-order valence-corrected chi connectivity index (χ1v) is 7.43. The Morgan fingerprint density at radius 3 is 2.45 bits per heavy atom. The van der Waals surface area contributed by atoms with Crippen molar-refractivity contribution in [2.24, 2.45) is 0 Å². The number of carbonyl (C=O) groups is 1. The predicted molar refractivity (Wildman–Crippen MR) is 87.5 cm³/mol. The molecule has 0 spiro atoms. The van der Waals surface area contributed by atoms with Gasteiger partial charge in [0.25, 0.3) is 0 Å². The van der Waals surface area contributed by atoms with Crippen molar-refractivity contribution in [1.29, 1.82) is 0 Å². The Balaban J connectivity index is 2.01. The average molecular weight is 332 g/mol. The van der Waals surface area contributed by atoms with Crippen LogP contribution in [0.4, 0.5) is 5.69 Å². The van der Waals surface area contributed by atoms with Crippen molar-refractivity contribution in [3.63, 3.8) is 0 Å². The monoisotopic (exact) mass is 331 g/mol. The molecule has 0 aliphatic heterocycles. The molecule has 0 radical (unpaired) electrons. The van der Waals surface area contributed by atoms with Crippen molar-refractivity contribution in [2.45, 2.75) is 13.3 Å². The van der Waals surface area contributed by atoms with Crippen molar-refractivity contribution in [2.75, 3.05) is 18.5 Å². The number of aryl methyl sites for hydroxylation is 1. The topological polar surface area (TPSA) is 20.3 Å². The highest BCUT2D eigenvalue weighted by Crippen LogP contribution is 2.20. The summed E-state index contributed by atoms with van der Waals surface area (Å²) in [4.78, 5) is 14.4. The fourth-order valence-corrected chi connectivity index (χ4v) is 2.71. The van der Waals surface area contributed by atoms with Crippen LogP contribution in [0.25, 0.3) is 0 Å². The number of hydrogen-bond donors (Lipinski definition) is 0. The zero-order valence-electron chi connectivity index (χ0n) is 11.8. The van der Waals surface area contributed by atoms with Crippen LogP contribution >= 0.6 is 15.9 Å². The van der Waals surface area contributed by atoms with Gasteiger partial charge in [0, 0.05) is 35.7 Å². The second-order valence-corrected chi connectivity index (χ2v) is 5.72. The molecule has 2 aromatic rings. The first-order valence-electron chi connectivity index (χ1n) is 6.64. The summed E-state index contributed by atoms with van der Waals surface area (Å²) in [6.45, 7) is 2.80. The third-order valence-electron chi connectivity index (χ3n) is 3.38. The average Bonchev–Trinajstić information content (AvgIpc) is 2.45. The van der Waals surface area contributed by atoms with Crippen LogP contribution < -0.4 is 4.90 Å². The van der Waals surface area contributed by atoms with Gasteiger partial charge in [-0.3, -0.25) is 4.79 Å². The number of nitrogens with zero attached hydrogens (tertiary/aromatic N) is 1. The zero-order chi connectivity index (χ0) is 14.5. The van der Waals surface area contributed by atoms with E-state index in [9.17, 15) is 4.79 Å². The largest absolute Gasteiger partial charge is 0.374 e. The summed E-state index contributed by atoms with van der Waals surface area (Å²) >= 11 is 3.43. The molecule has 0 aliphatic rings. The molecule has 20 heavy (non-hydrogen) atoms. The molecule has 0 aliphatic carbocycles. The molecule has 2 aromatic carbocycles. The lowest BCUT2D eigenvalue weighted by molar-refractivity contribution is 0.0984. The minimum atomic E-state index is 0.165. The van der Waals surface area contributed by atoms with E-state index >= 15 is 0 Å². The zero-order valence-corrected chi connectivity index (χ0v) is 13.4. The number of hydrogen-bond acceptors (Lipinski definition) is 2. The standard InChI is InChI=1S/C17H18BrNO/c1-13-7-3-6-10-16(13)19(2)12-11-17(20)14-8-4-5-9-15(14)18/h3-10H,11-12H2,1-2H3. The SMILES string of the molecule is Cc1ccccc1N(C)CCC(=O)c1ccccc1Br. The Hall–Kier alpha value is -1.61. The van der Waals surface area contributed by atoms with E-state index < -0.39 is 0 Å². The third-order valence-corrected chi connectivity index (χ3v) is 4.07. The molecule has 0 fully saturated rings. The second-order valence-electron chi connectivity index (χ2n) is 4.86. The van der Waals surface area contributed by atoms with Gasteiger partial charge in [0.05, 0.1) is 0 Å². The molecule has 0 aromatic heterocycles. The molecular formula is C17H18BrNO. The molecule has 0 saturated heterocycles. The molecule has 0 heterocycles. The van der Waals surface area contributed by atoms with Gasteiger partial charge in [0.15, 0.2) is 5.78 Å². The van der Waals surface area contributed by atoms with Crippen LogP contribution in [-0.2, 0) is 0 Å². The minimum absolute atomic E-state index is 0.165. The van der Waals surface area contributed by atoms with Gasteiger partial charge < -0.3 is 4.90 Å². The van der Waals surface area contributed by atoms with Crippen LogP contribution in [0.15, 0.2) is 53.0 Å². The van der Waals surface area contributed by atoms with E-state index in [2.05, 4.69) is 39.9 Å². The van der Waals surface area contributed by atoms with Crippen molar-refractivity contribution in [3.8, 4) is 0 Å². The lowest BCUT2D eigenvalue weighted by Crippen LogP contribution is -2.22. The first-order chi connectivity index (χ1) is 9.59. The van der Waals surface area contributed by atoms with Crippen molar-refractivity contribution < 1.29 is 4.79 Å². The molecule has 0 saturated carbocycles. The van der Waals surface area contributed by atoms with E-state index in [1.165, 1.54) is 11.3 Å². The quantitative estimate of drug-likeness (QED) is 0.753. The fourth-order valence-electron chi connectivity index (χ4n) is 2.20. The van der Waals surface area contributed by atoms with Crippen LogP contribution in [0, 0.1) is 6.92 Å². The molecule has 0 N–H and O–H groups in total. The van der Waals surface area contributed by atoms with Crippen molar-refractivity contribution >= 4 is 27.4 Å². The number of para-hydroxylation sites is 1. The molecule has 0 atom stereocenters. The van der Waals surface area contributed by atoms with E-state index in [-0.39, 0.29) is 5.78 Å². The van der Waals surface area contributed by atoms with Crippen LogP contribution in [-0.4, -0.2) is 19.4 Å². The van der Waals surface area contributed by atoms with Gasteiger partial charge in [0.2, 0.25) is 0 Å². The summed E-state index contributed by atoms with van der Waals surface area (Å²) in [5.74, 6) is 0.165. The summed E-state index contributed by atoms with van der Waals surface area (Å²) in [7, 11) is 2.02. The molecule has 0 bridgehead atoms. The maximum Gasteiger partial charge on any atom is 0.165 e. The molecular weight excluding hydrogens is 314 g/mol. The van der Waals surface area contributed by atoms with E-state index in [1.54, 1.807) is 0 Å². The number of benzene rings is 2. The van der Waals surface area contributed by atoms with Gasteiger partial charge in [-0.25, -0.2) is 0 Å². The summed E-state index contributed by atoms with van der Waals surface area (Å²) in [5.41, 5.74) is 3.15.